The maximum atomic E-state index is 10.5. The van der Waals surface area contributed by atoms with Crippen molar-refractivity contribution in [3.05, 3.63) is 21.9 Å². The Kier molecular flexibility index (Phi) is 4.66. The zero-order valence-corrected chi connectivity index (χ0v) is 15.1. The van der Waals surface area contributed by atoms with Crippen LogP contribution in [0.5, 0.6) is 0 Å². The van der Waals surface area contributed by atoms with E-state index >= 15 is 0 Å². The van der Waals surface area contributed by atoms with Crippen molar-refractivity contribution in [1.29, 1.82) is 0 Å². The van der Waals surface area contributed by atoms with Crippen LogP contribution in [0.4, 0.5) is 0 Å². The second-order valence-corrected chi connectivity index (χ2v) is 9.02. The summed E-state index contributed by atoms with van der Waals surface area (Å²) in [5.74, 6) is 0. The number of rotatable bonds is 4. The van der Waals surface area contributed by atoms with Crippen LogP contribution < -0.4 is 0 Å². The lowest BCUT2D eigenvalue weighted by Gasteiger charge is -2.48. The summed E-state index contributed by atoms with van der Waals surface area (Å²) in [7, 11) is 0. The number of hydrogen-bond acceptors (Lipinski definition) is 4. The van der Waals surface area contributed by atoms with Gasteiger partial charge in [-0.3, -0.25) is 9.80 Å². The van der Waals surface area contributed by atoms with E-state index in [-0.39, 0.29) is 5.41 Å². The molecule has 22 heavy (non-hydrogen) atoms. The van der Waals surface area contributed by atoms with Crippen LogP contribution in [0.25, 0.3) is 0 Å². The van der Waals surface area contributed by atoms with Crippen molar-refractivity contribution in [3.8, 4) is 0 Å². The van der Waals surface area contributed by atoms with Crippen LogP contribution >= 0.6 is 11.3 Å². The Labute approximate surface area is 138 Å². The fraction of sp³-hybridized carbons (Fsp3) is 0.778. The highest BCUT2D eigenvalue weighted by atomic mass is 32.1. The lowest BCUT2D eigenvalue weighted by Crippen LogP contribution is -2.55. The molecule has 1 N–H and O–H groups in total. The van der Waals surface area contributed by atoms with Gasteiger partial charge in [0.05, 0.1) is 5.60 Å². The van der Waals surface area contributed by atoms with Gasteiger partial charge in [0.25, 0.3) is 0 Å². The Balaban J connectivity index is 1.56. The Morgan fingerprint density at radius 2 is 1.82 bits per heavy atom. The van der Waals surface area contributed by atoms with Gasteiger partial charge >= 0.3 is 0 Å². The first-order valence-electron chi connectivity index (χ1n) is 8.59. The quantitative estimate of drug-likeness (QED) is 0.921. The first kappa shape index (κ1) is 16.4. The largest absolute Gasteiger partial charge is 0.390 e. The van der Waals surface area contributed by atoms with E-state index in [0.29, 0.717) is 0 Å². The average Bonchev–Trinajstić information content (AvgIpc) is 3.07. The molecule has 0 aliphatic carbocycles. The summed E-state index contributed by atoms with van der Waals surface area (Å²) in [6.07, 6.45) is 3.59. The highest BCUT2D eigenvalue weighted by Crippen LogP contribution is 2.38. The van der Waals surface area contributed by atoms with Gasteiger partial charge in [0.2, 0.25) is 0 Å². The van der Waals surface area contributed by atoms with Crippen LogP contribution in [-0.2, 0) is 13.1 Å². The predicted octanol–water partition coefficient (Wildman–Crippen LogP) is 3.33. The maximum Gasteiger partial charge on any atom is 0.0694 e. The summed E-state index contributed by atoms with van der Waals surface area (Å²) >= 11 is 1.90. The number of piperidine rings is 1. The number of thiophene rings is 1. The smallest absolute Gasteiger partial charge is 0.0694 e. The number of nitrogens with zero attached hydrogens (tertiary/aromatic N) is 2. The van der Waals surface area contributed by atoms with Gasteiger partial charge in [-0.25, -0.2) is 0 Å². The molecule has 0 saturated carbocycles. The first-order chi connectivity index (χ1) is 10.4. The SMILES string of the molecule is CC1(C)CN(Cc2cc(CN3CCCC3)cs2)CC[C@]1(C)O. The molecule has 1 aromatic rings. The Hall–Kier alpha value is -0.420. The summed E-state index contributed by atoms with van der Waals surface area (Å²) < 4.78 is 0. The molecule has 0 unspecified atom stereocenters. The molecule has 0 spiro atoms. The molecule has 1 aromatic heterocycles. The van der Waals surface area contributed by atoms with Gasteiger partial charge in [-0.2, -0.15) is 0 Å². The summed E-state index contributed by atoms with van der Waals surface area (Å²) in [6.45, 7) is 13.0. The van der Waals surface area contributed by atoms with Crippen molar-refractivity contribution < 1.29 is 5.11 Å². The fourth-order valence-electron chi connectivity index (χ4n) is 3.67. The van der Waals surface area contributed by atoms with E-state index in [2.05, 4.69) is 35.1 Å². The fourth-order valence-corrected chi connectivity index (χ4v) is 4.59. The van der Waals surface area contributed by atoms with Crippen molar-refractivity contribution >= 4 is 11.3 Å². The lowest BCUT2D eigenvalue weighted by molar-refractivity contribution is -0.106. The molecule has 0 bridgehead atoms. The van der Waals surface area contributed by atoms with E-state index in [0.717, 1.165) is 32.6 Å². The molecule has 1 atom stereocenters. The summed E-state index contributed by atoms with van der Waals surface area (Å²) in [6, 6.07) is 2.39. The molecular weight excluding hydrogens is 292 g/mol. The summed E-state index contributed by atoms with van der Waals surface area (Å²) in [4.78, 5) is 6.53. The Bertz CT molecular complexity index is 503. The van der Waals surface area contributed by atoms with E-state index in [1.807, 2.05) is 18.3 Å². The van der Waals surface area contributed by atoms with Gasteiger partial charge in [0.1, 0.15) is 0 Å². The molecule has 3 heterocycles. The molecule has 0 radical (unpaired) electrons. The minimum atomic E-state index is -0.542. The van der Waals surface area contributed by atoms with Crippen molar-refractivity contribution in [2.75, 3.05) is 26.2 Å². The molecule has 2 fully saturated rings. The molecule has 2 saturated heterocycles. The molecule has 0 amide bonds. The van der Waals surface area contributed by atoms with E-state index in [1.54, 1.807) is 0 Å². The third-order valence-electron chi connectivity index (χ3n) is 5.68. The van der Waals surface area contributed by atoms with E-state index in [9.17, 15) is 5.11 Å². The molecule has 2 aliphatic heterocycles. The second kappa shape index (κ2) is 6.23. The number of hydrogen-bond donors (Lipinski definition) is 1. The monoisotopic (exact) mass is 322 g/mol. The Morgan fingerprint density at radius 1 is 1.09 bits per heavy atom. The van der Waals surface area contributed by atoms with Gasteiger partial charge in [-0.15, -0.1) is 11.3 Å². The van der Waals surface area contributed by atoms with E-state index < -0.39 is 5.60 Å². The zero-order chi connectivity index (χ0) is 15.8. The highest BCUT2D eigenvalue weighted by Gasteiger charge is 2.43. The van der Waals surface area contributed by atoms with Crippen LogP contribution in [-0.4, -0.2) is 46.7 Å². The van der Waals surface area contributed by atoms with Gasteiger partial charge in [-0.05, 0) is 56.3 Å². The predicted molar refractivity (Wildman–Crippen MR) is 93.1 cm³/mol. The highest BCUT2D eigenvalue weighted by molar-refractivity contribution is 7.10. The van der Waals surface area contributed by atoms with Crippen molar-refractivity contribution in [1.82, 2.24) is 9.80 Å². The van der Waals surface area contributed by atoms with E-state index in [4.69, 9.17) is 0 Å². The second-order valence-electron chi connectivity index (χ2n) is 8.02. The molecular formula is C18H30N2OS. The summed E-state index contributed by atoms with van der Waals surface area (Å²) in [5.41, 5.74) is 0.894. The van der Waals surface area contributed by atoms with Crippen LogP contribution in [0.15, 0.2) is 11.4 Å². The van der Waals surface area contributed by atoms with Gasteiger partial charge < -0.3 is 5.11 Å². The minimum Gasteiger partial charge on any atom is -0.390 e. The topological polar surface area (TPSA) is 26.7 Å². The van der Waals surface area contributed by atoms with Crippen LogP contribution in [0.1, 0.15) is 50.5 Å². The maximum absolute atomic E-state index is 10.5. The van der Waals surface area contributed by atoms with Crippen molar-refractivity contribution in [2.45, 2.75) is 58.7 Å². The Morgan fingerprint density at radius 3 is 2.50 bits per heavy atom. The minimum absolute atomic E-state index is 0.0408. The zero-order valence-electron chi connectivity index (χ0n) is 14.3. The standard InChI is InChI=1S/C18H30N2OS/c1-17(2)14-20(9-6-18(17,3)21)12-16-10-15(13-22-16)11-19-7-4-5-8-19/h10,13,21H,4-9,11-12,14H2,1-3H3/t18-/m0/s1. The van der Waals surface area contributed by atoms with Crippen molar-refractivity contribution in [3.63, 3.8) is 0 Å². The van der Waals surface area contributed by atoms with Crippen LogP contribution in [0.2, 0.25) is 0 Å². The van der Waals surface area contributed by atoms with Crippen molar-refractivity contribution in [2.24, 2.45) is 5.41 Å². The van der Waals surface area contributed by atoms with Gasteiger partial charge in [-0.1, -0.05) is 13.8 Å². The van der Waals surface area contributed by atoms with E-state index in [1.165, 1.54) is 36.4 Å². The number of likely N-dealkylation sites (tertiary alicyclic amines) is 2. The van der Waals surface area contributed by atoms with Gasteiger partial charge in [0, 0.05) is 36.5 Å². The lowest BCUT2D eigenvalue weighted by atomic mass is 9.71. The van der Waals surface area contributed by atoms with Crippen LogP contribution in [0, 0.1) is 5.41 Å². The third-order valence-corrected chi connectivity index (χ3v) is 6.65. The summed E-state index contributed by atoms with van der Waals surface area (Å²) in [5, 5.41) is 12.9. The van der Waals surface area contributed by atoms with Gasteiger partial charge in [0.15, 0.2) is 0 Å². The third kappa shape index (κ3) is 3.56. The molecule has 4 heteroatoms. The normalized spacial score (nSPS) is 30.0. The molecule has 2 aliphatic rings. The molecule has 3 nitrogen and oxygen atoms in total. The molecule has 3 rings (SSSR count). The van der Waals surface area contributed by atoms with Crippen LogP contribution in [0.3, 0.4) is 0 Å². The molecule has 0 aromatic carbocycles. The number of aliphatic hydroxyl groups is 1. The first-order valence-corrected chi connectivity index (χ1v) is 9.47. The average molecular weight is 323 g/mol. The molecule has 124 valence electrons.